The van der Waals surface area contributed by atoms with E-state index in [4.69, 9.17) is 5.11 Å². The molecule has 0 amide bonds. The molecule has 1 aromatic carbocycles. The zero-order valence-corrected chi connectivity index (χ0v) is 9.96. The van der Waals surface area contributed by atoms with Crippen molar-refractivity contribution in [1.82, 2.24) is 9.55 Å². The van der Waals surface area contributed by atoms with Gasteiger partial charge >= 0.3 is 0 Å². The topological polar surface area (TPSA) is 38.1 Å². The zero-order chi connectivity index (χ0) is 12.0. The lowest BCUT2D eigenvalue weighted by Gasteiger charge is -2.01. The Morgan fingerprint density at radius 2 is 1.88 bits per heavy atom. The molecule has 1 N–H and O–H groups in total. The van der Waals surface area contributed by atoms with E-state index >= 15 is 0 Å². The van der Waals surface area contributed by atoms with Gasteiger partial charge in [0.1, 0.15) is 11.9 Å². The number of hydrogen-bond donors (Lipinski definition) is 1. The first kappa shape index (κ1) is 12.5. The van der Waals surface area contributed by atoms with Crippen LogP contribution in [0.2, 0.25) is 0 Å². The summed E-state index contributed by atoms with van der Waals surface area (Å²) in [6, 6.07) is 10.3. The van der Waals surface area contributed by atoms with Gasteiger partial charge in [-0.15, -0.1) is 0 Å². The van der Waals surface area contributed by atoms with Gasteiger partial charge in [0.2, 0.25) is 0 Å². The summed E-state index contributed by atoms with van der Waals surface area (Å²) < 4.78 is 1.80. The van der Waals surface area contributed by atoms with Crippen LogP contribution >= 0.6 is 0 Å². The van der Waals surface area contributed by atoms with Crippen LogP contribution in [0, 0.1) is 6.92 Å². The van der Waals surface area contributed by atoms with Crippen molar-refractivity contribution in [2.75, 3.05) is 0 Å². The Bertz CT molecular complexity index is 407. The van der Waals surface area contributed by atoms with Crippen molar-refractivity contribution >= 4 is 0 Å². The van der Waals surface area contributed by atoms with Gasteiger partial charge in [-0.05, 0) is 13.8 Å². The van der Waals surface area contributed by atoms with Gasteiger partial charge in [-0.25, -0.2) is 4.98 Å². The van der Waals surface area contributed by atoms with Crippen molar-refractivity contribution in [2.24, 2.45) is 7.05 Å². The second-order valence-electron chi connectivity index (χ2n) is 3.73. The van der Waals surface area contributed by atoms with Crippen LogP contribution in [-0.2, 0) is 7.05 Å². The molecule has 0 fully saturated rings. The molecular formula is C13H18N2O. The van der Waals surface area contributed by atoms with Crippen molar-refractivity contribution in [3.05, 3.63) is 54.1 Å². The summed E-state index contributed by atoms with van der Waals surface area (Å²) in [7, 11) is 1.86. The molecule has 1 unspecified atom stereocenters. The highest BCUT2D eigenvalue weighted by Gasteiger charge is 2.03. The fourth-order valence-electron chi connectivity index (χ4n) is 1.31. The number of aliphatic hydroxyl groups excluding tert-OH is 1. The molecule has 1 aromatic heterocycles. The van der Waals surface area contributed by atoms with Gasteiger partial charge in [0.05, 0.1) is 0 Å². The summed E-state index contributed by atoms with van der Waals surface area (Å²) in [6.07, 6.45) is 3.01. The van der Waals surface area contributed by atoms with Gasteiger partial charge in [-0.3, -0.25) is 0 Å². The number of aliphatic hydroxyl groups is 1. The van der Waals surface area contributed by atoms with Crippen LogP contribution in [0.1, 0.15) is 24.4 Å². The van der Waals surface area contributed by atoms with Crippen LogP contribution in [0.15, 0.2) is 42.7 Å². The summed E-state index contributed by atoms with van der Waals surface area (Å²) in [5.74, 6) is 0.704. The van der Waals surface area contributed by atoms with Gasteiger partial charge < -0.3 is 9.67 Å². The Morgan fingerprint density at radius 3 is 2.12 bits per heavy atom. The summed E-state index contributed by atoms with van der Waals surface area (Å²) in [6.45, 7) is 3.78. The minimum atomic E-state index is -0.468. The van der Waals surface area contributed by atoms with E-state index in [0.29, 0.717) is 5.82 Å². The molecule has 1 heterocycles. The smallest absolute Gasteiger partial charge is 0.137 e. The van der Waals surface area contributed by atoms with E-state index in [1.807, 2.05) is 31.4 Å². The standard InChI is InChI=1S/C7H8.C6H10N2O/c1-7-5-3-2-4-6-7;1-5(9)6-7-3-4-8(6)2/h2-6H,1H3;3-5,9H,1-2H3. The third kappa shape index (κ3) is 3.87. The Hall–Kier alpha value is -1.61. The molecule has 0 spiro atoms. The van der Waals surface area contributed by atoms with Crippen LogP contribution in [-0.4, -0.2) is 14.7 Å². The number of nitrogens with zero attached hydrogens (tertiary/aromatic N) is 2. The van der Waals surface area contributed by atoms with Crippen LogP contribution in [0.25, 0.3) is 0 Å². The third-order valence-corrected chi connectivity index (χ3v) is 2.17. The maximum absolute atomic E-state index is 9.01. The van der Waals surface area contributed by atoms with Gasteiger partial charge in [0.25, 0.3) is 0 Å². The fraction of sp³-hybridized carbons (Fsp3) is 0.308. The number of rotatable bonds is 1. The molecule has 3 heteroatoms. The van der Waals surface area contributed by atoms with E-state index in [2.05, 4.69) is 24.0 Å². The summed E-state index contributed by atoms with van der Waals surface area (Å²) in [4.78, 5) is 3.93. The minimum absolute atomic E-state index is 0.468. The molecule has 3 nitrogen and oxygen atoms in total. The molecule has 2 aromatic rings. The van der Waals surface area contributed by atoms with Crippen LogP contribution in [0.4, 0.5) is 0 Å². The van der Waals surface area contributed by atoms with E-state index < -0.39 is 6.10 Å². The molecule has 0 bridgehead atoms. The van der Waals surface area contributed by atoms with Crippen LogP contribution < -0.4 is 0 Å². The molecule has 0 saturated carbocycles. The van der Waals surface area contributed by atoms with Gasteiger partial charge in [-0.2, -0.15) is 0 Å². The Kier molecular flexibility index (Phi) is 4.73. The highest BCUT2D eigenvalue weighted by Crippen LogP contribution is 2.05. The predicted molar refractivity (Wildman–Crippen MR) is 65.0 cm³/mol. The number of benzene rings is 1. The minimum Gasteiger partial charge on any atom is -0.385 e. The SMILES string of the molecule is CC(O)c1nccn1C.Cc1ccccc1. The molecule has 16 heavy (non-hydrogen) atoms. The van der Waals surface area contributed by atoms with Crippen molar-refractivity contribution in [2.45, 2.75) is 20.0 Å². The number of aryl methyl sites for hydroxylation is 2. The average Bonchev–Trinajstić information content (AvgIpc) is 2.66. The largest absolute Gasteiger partial charge is 0.385 e. The number of aromatic nitrogens is 2. The summed E-state index contributed by atoms with van der Waals surface area (Å²) in [5, 5.41) is 9.01. The molecule has 2 rings (SSSR count). The highest BCUT2D eigenvalue weighted by atomic mass is 16.3. The van der Waals surface area contributed by atoms with Crippen molar-refractivity contribution in [1.29, 1.82) is 0 Å². The van der Waals surface area contributed by atoms with E-state index in [9.17, 15) is 0 Å². The monoisotopic (exact) mass is 218 g/mol. The Labute approximate surface area is 96.4 Å². The van der Waals surface area contributed by atoms with Gasteiger partial charge in [0.15, 0.2) is 0 Å². The number of hydrogen-bond acceptors (Lipinski definition) is 2. The van der Waals surface area contributed by atoms with Crippen molar-refractivity contribution in [3.8, 4) is 0 Å². The Morgan fingerprint density at radius 1 is 1.25 bits per heavy atom. The third-order valence-electron chi connectivity index (χ3n) is 2.17. The molecule has 0 radical (unpaired) electrons. The molecule has 0 aliphatic heterocycles. The highest BCUT2D eigenvalue weighted by molar-refractivity contribution is 5.11. The number of imidazole rings is 1. The quantitative estimate of drug-likeness (QED) is 0.798. The van der Waals surface area contributed by atoms with Crippen LogP contribution in [0.5, 0.6) is 0 Å². The summed E-state index contributed by atoms with van der Waals surface area (Å²) >= 11 is 0. The van der Waals surface area contributed by atoms with Crippen molar-refractivity contribution in [3.63, 3.8) is 0 Å². The first-order chi connectivity index (χ1) is 7.61. The van der Waals surface area contributed by atoms with E-state index in [0.717, 1.165) is 0 Å². The zero-order valence-electron chi connectivity index (χ0n) is 9.96. The summed E-state index contributed by atoms with van der Waals surface area (Å²) in [5.41, 5.74) is 1.32. The van der Waals surface area contributed by atoms with Gasteiger partial charge in [0, 0.05) is 19.4 Å². The second-order valence-corrected chi connectivity index (χ2v) is 3.73. The van der Waals surface area contributed by atoms with Crippen molar-refractivity contribution < 1.29 is 5.11 Å². The lowest BCUT2D eigenvalue weighted by Crippen LogP contribution is -2.00. The predicted octanol–water partition coefficient (Wildman–Crippen LogP) is 2.47. The molecule has 0 aliphatic rings. The van der Waals surface area contributed by atoms with E-state index in [1.165, 1.54) is 5.56 Å². The average molecular weight is 218 g/mol. The molecule has 0 saturated heterocycles. The van der Waals surface area contributed by atoms with Gasteiger partial charge in [-0.1, -0.05) is 35.9 Å². The lowest BCUT2D eigenvalue weighted by atomic mass is 10.2. The maximum atomic E-state index is 9.01. The lowest BCUT2D eigenvalue weighted by molar-refractivity contribution is 0.185. The van der Waals surface area contributed by atoms with E-state index in [1.54, 1.807) is 17.7 Å². The first-order valence-corrected chi connectivity index (χ1v) is 5.28. The molecular weight excluding hydrogens is 200 g/mol. The molecule has 0 aliphatic carbocycles. The molecule has 86 valence electrons. The Balaban J connectivity index is 0.000000165. The second kappa shape index (κ2) is 6.08. The molecule has 1 atom stereocenters. The normalized spacial score (nSPS) is 11.5. The first-order valence-electron chi connectivity index (χ1n) is 5.28. The fourth-order valence-corrected chi connectivity index (χ4v) is 1.31. The maximum Gasteiger partial charge on any atom is 0.137 e. The van der Waals surface area contributed by atoms with E-state index in [-0.39, 0.29) is 0 Å². The van der Waals surface area contributed by atoms with Crippen LogP contribution in [0.3, 0.4) is 0 Å².